The Hall–Kier alpha value is -1.99. The average molecular weight is 290 g/mol. The highest BCUT2D eigenvalue weighted by molar-refractivity contribution is 6.45. The van der Waals surface area contributed by atoms with Crippen LogP contribution in [0.3, 0.4) is 0 Å². The van der Waals surface area contributed by atoms with E-state index in [1.54, 1.807) is 0 Å². The molecule has 0 amide bonds. The van der Waals surface area contributed by atoms with Crippen molar-refractivity contribution < 1.29 is 9.90 Å². The molecule has 0 bridgehead atoms. The predicted octanol–water partition coefficient (Wildman–Crippen LogP) is 0.911. The number of aliphatic imine (C=N–C) groups is 2. The van der Waals surface area contributed by atoms with Gasteiger partial charge in [0, 0.05) is 0 Å². The largest absolute Gasteiger partial charge is 0.478 e. The highest BCUT2D eigenvalue weighted by Gasteiger charge is 2.14. The van der Waals surface area contributed by atoms with Crippen molar-refractivity contribution in [2.24, 2.45) is 27.2 Å². The Morgan fingerprint density at radius 3 is 2.28 bits per heavy atom. The summed E-state index contributed by atoms with van der Waals surface area (Å²) < 4.78 is 0. The smallest absolute Gasteiger partial charge is 0.337 e. The summed E-state index contributed by atoms with van der Waals surface area (Å²) in [5.41, 5.74) is 15.6. The lowest BCUT2D eigenvalue weighted by atomic mass is 10.2. The SMILES string of the molecule is NC(N)=NC(N)=Nc1ccc(C(=O)O)c(Cl)c1Cl. The Bertz CT molecular complexity index is 552. The fourth-order valence-corrected chi connectivity index (χ4v) is 1.52. The second-order valence-electron chi connectivity index (χ2n) is 3.07. The van der Waals surface area contributed by atoms with E-state index in [1.165, 1.54) is 12.1 Å². The second-order valence-corrected chi connectivity index (χ2v) is 3.83. The van der Waals surface area contributed by atoms with Gasteiger partial charge in [0.25, 0.3) is 0 Å². The Labute approximate surface area is 112 Å². The minimum absolute atomic E-state index is 0.0506. The zero-order valence-corrected chi connectivity index (χ0v) is 10.4. The van der Waals surface area contributed by atoms with Crippen LogP contribution in [-0.2, 0) is 0 Å². The third-order valence-corrected chi connectivity index (χ3v) is 2.64. The molecule has 0 unspecified atom stereocenters. The van der Waals surface area contributed by atoms with Crippen LogP contribution in [0.4, 0.5) is 5.69 Å². The van der Waals surface area contributed by atoms with Crippen LogP contribution in [-0.4, -0.2) is 23.0 Å². The van der Waals surface area contributed by atoms with Gasteiger partial charge in [0.15, 0.2) is 5.96 Å². The van der Waals surface area contributed by atoms with Crippen molar-refractivity contribution in [3.05, 3.63) is 27.7 Å². The van der Waals surface area contributed by atoms with Gasteiger partial charge in [-0.2, -0.15) is 4.99 Å². The van der Waals surface area contributed by atoms with Gasteiger partial charge in [0.1, 0.15) is 0 Å². The molecule has 0 aliphatic heterocycles. The maximum atomic E-state index is 10.8. The first-order valence-corrected chi connectivity index (χ1v) is 5.23. The molecule has 0 aromatic heterocycles. The van der Waals surface area contributed by atoms with Crippen LogP contribution < -0.4 is 17.2 Å². The van der Waals surface area contributed by atoms with Crippen LogP contribution in [0.25, 0.3) is 0 Å². The first-order valence-electron chi connectivity index (χ1n) is 4.48. The van der Waals surface area contributed by atoms with Gasteiger partial charge in [-0.25, -0.2) is 9.79 Å². The van der Waals surface area contributed by atoms with Crippen LogP contribution in [0.1, 0.15) is 10.4 Å². The number of guanidine groups is 2. The molecule has 1 aromatic carbocycles. The number of halogens is 2. The lowest BCUT2D eigenvalue weighted by Crippen LogP contribution is -2.26. The highest BCUT2D eigenvalue weighted by atomic mass is 35.5. The molecule has 0 atom stereocenters. The maximum absolute atomic E-state index is 10.8. The summed E-state index contributed by atoms with van der Waals surface area (Å²) in [7, 11) is 0. The lowest BCUT2D eigenvalue weighted by molar-refractivity contribution is 0.0697. The molecule has 0 saturated heterocycles. The van der Waals surface area contributed by atoms with Crippen molar-refractivity contribution >= 4 is 46.8 Å². The third-order valence-electron chi connectivity index (χ3n) is 1.77. The molecule has 1 rings (SSSR count). The third kappa shape index (κ3) is 3.25. The summed E-state index contributed by atoms with van der Waals surface area (Å²) in [6.45, 7) is 0. The Balaban J connectivity index is 3.26. The maximum Gasteiger partial charge on any atom is 0.337 e. The number of aromatic carboxylic acids is 1. The number of benzene rings is 1. The van der Waals surface area contributed by atoms with Gasteiger partial charge < -0.3 is 22.3 Å². The summed E-state index contributed by atoms with van der Waals surface area (Å²) in [4.78, 5) is 18.1. The standard InChI is InChI=1S/C9H9Cl2N5O2/c10-5-3(7(17)18)1-2-4(6(5)11)15-9(14)16-8(12)13/h1-2H,(H,17,18)(H6,12,13,14,15,16). The number of rotatable bonds is 2. The van der Waals surface area contributed by atoms with E-state index in [-0.39, 0.29) is 33.2 Å². The number of carboxylic acid groups (broad SMARTS) is 1. The molecule has 0 spiro atoms. The molecule has 7 nitrogen and oxygen atoms in total. The zero-order chi connectivity index (χ0) is 13.9. The highest BCUT2D eigenvalue weighted by Crippen LogP contribution is 2.34. The number of nitrogens with two attached hydrogens (primary N) is 3. The van der Waals surface area contributed by atoms with E-state index >= 15 is 0 Å². The molecule has 0 heterocycles. The van der Waals surface area contributed by atoms with E-state index < -0.39 is 5.97 Å². The first kappa shape index (κ1) is 14.1. The van der Waals surface area contributed by atoms with E-state index in [0.717, 1.165) is 0 Å². The van der Waals surface area contributed by atoms with Crippen LogP contribution in [0.5, 0.6) is 0 Å². The molecular weight excluding hydrogens is 281 g/mol. The number of carbonyl (C=O) groups is 1. The molecule has 0 saturated carbocycles. The predicted molar refractivity (Wildman–Crippen MR) is 70.5 cm³/mol. The van der Waals surface area contributed by atoms with Crippen molar-refractivity contribution in [1.82, 2.24) is 0 Å². The molecule has 0 aliphatic carbocycles. The number of nitrogens with zero attached hydrogens (tertiary/aromatic N) is 2. The molecule has 18 heavy (non-hydrogen) atoms. The Morgan fingerprint density at radius 2 is 1.78 bits per heavy atom. The molecule has 9 heteroatoms. The van der Waals surface area contributed by atoms with Gasteiger partial charge in [0.2, 0.25) is 5.96 Å². The normalized spacial score (nSPS) is 11.1. The molecule has 7 N–H and O–H groups in total. The van der Waals surface area contributed by atoms with Gasteiger partial charge in [-0.15, -0.1) is 0 Å². The van der Waals surface area contributed by atoms with Gasteiger partial charge in [-0.3, -0.25) is 0 Å². The topological polar surface area (TPSA) is 140 Å². The van der Waals surface area contributed by atoms with Crippen LogP contribution in [0.2, 0.25) is 10.0 Å². The van der Waals surface area contributed by atoms with Crippen molar-refractivity contribution in [3.63, 3.8) is 0 Å². The van der Waals surface area contributed by atoms with E-state index in [4.69, 9.17) is 45.5 Å². The van der Waals surface area contributed by atoms with Crippen molar-refractivity contribution in [2.45, 2.75) is 0 Å². The summed E-state index contributed by atoms with van der Waals surface area (Å²) >= 11 is 11.6. The van der Waals surface area contributed by atoms with E-state index in [9.17, 15) is 4.79 Å². The molecule has 96 valence electrons. The Kier molecular flexibility index (Phi) is 4.35. The van der Waals surface area contributed by atoms with Gasteiger partial charge in [-0.1, -0.05) is 23.2 Å². The fraction of sp³-hybridized carbons (Fsp3) is 0. The minimum Gasteiger partial charge on any atom is -0.478 e. The monoisotopic (exact) mass is 289 g/mol. The number of carboxylic acids is 1. The summed E-state index contributed by atoms with van der Waals surface area (Å²) in [6, 6.07) is 2.59. The van der Waals surface area contributed by atoms with Crippen molar-refractivity contribution in [1.29, 1.82) is 0 Å². The molecular formula is C9H9Cl2N5O2. The first-order chi connectivity index (χ1) is 8.32. The summed E-state index contributed by atoms with van der Waals surface area (Å²) in [5.74, 6) is -1.69. The molecule has 0 aliphatic rings. The molecule has 0 fully saturated rings. The van der Waals surface area contributed by atoms with Gasteiger partial charge >= 0.3 is 5.97 Å². The van der Waals surface area contributed by atoms with Gasteiger partial charge in [0.05, 0.1) is 21.3 Å². The van der Waals surface area contributed by atoms with Crippen molar-refractivity contribution in [2.75, 3.05) is 0 Å². The quantitative estimate of drug-likeness (QED) is 0.473. The van der Waals surface area contributed by atoms with Crippen LogP contribution >= 0.6 is 23.2 Å². The number of hydrogen-bond acceptors (Lipinski definition) is 2. The van der Waals surface area contributed by atoms with Crippen LogP contribution in [0, 0.1) is 0 Å². The van der Waals surface area contributed by atoms with E-state index in [0.29, 0.717) is 0 Å². The fourth-order valence-electron chi connectivity index (χ4n) is 1.07. The molecule has 0 radical (unpaired) electrons. The van der Waals surface area contributed by atoms with E-state index in [2.05, 4.69) is 9.98 Å². The minimum atomic E-state index is -1.20. The Morgan fingerprint density at radius 1 is 1.17 bits per heavy atom. The lowest BCUT2D eigenvalue weighted by Gasteiger charge is -2.04. The summed E-state index contributed by atoms with van der Waals surface area (Å²) in [5, 5.41) is 8.64. The van der Waals surface area contributed by atoms with Gasteiger partial charge in [-0.05, 0) is 12.1 Å². The van der Waals surface area contributed by atoms with Crippen LogP contribution in [0.15, 0.2) is 22.1 Å². The van der Waals surface area contributed by atoms with Crippen molar-refractivity contribution in [3.8, 4) is 0 Å². The summed E-state index contributed by atoms with van der Waals surface area (Å²) in [6.07, 6.45) is 0. The molecule has 1 aromatic rings. The average Bonchev–Trinajstić information content (AvgIpc) is 2.23. The van der Waals surface area contributed by atoms with E-state index in [1.807, 2.05) is 0 Å². The zero-order valence-electron chi connectivity index (χ0n) is 8.89. The number of hydrogen-bond donors (Lipinski definition) is 4. The second kappa shape index (κ2) is 5.56.